The predicted molar refractivity (Wildman–Crippen MR) is 137 cm³/mol. The van der Waals surface area contributed by atoms with Crippen molar-refractivity contribution < 1.29 is 28.3 Å². The monoisotopic (exact) mass is 528 g/mol. The van der Waals surface area contributed by atoms with Crippen LogP contribution in [0.15, 0.2) is 48.5 Å². The molecule has 37 heavy (non-hydrogen) atoms. The summed E-state index contributed by atoms with van der Waals surface area (Å²) in [5.74, 6) is -1.99. The van der Waals surface area contributed by atoms with E-state index in [2.05, 4.69) is 5.32 Å². The van der Waals surface area contributed by atoms with E-state index < -0.39 is 29.7 Å². The van der Waals surface area contributed by atoms with Gasteiger partial charge in [-0.15, -0.1) is 0 Å². The van der Waals surface area contributed by atoms with Crippen molar-refractivity contribution >= 4 is 52.7 Å². The average molecular weight is 529 g/mol. The number of rotatable bonds is 7. The van der Waals surface area contributed by atoms with E-state index in [-0.39, 0.29) is 32.1 Å². The van der Waals surface area contributed by atoms with Crippen LogP contribution in [-0.4, -0.2) is 74.0 Å². The maximum Gasteiger partial charge on any atom is 0.414 e. The van der Waals surface area contributed by atoms with Crippen LogP contribution < -0.4 is 15.1 Å². The standard InChI is InChI=1S/C26H26ClFN4O5/c1-17(33)29-15-21-16-32(26(36)37-21)20-7-8-23(22(28)14-20)30-10-12-31(13-11-30)25(35)24(34)9-4-18-2-5-19(27)6-3-18/h2-9,14,21H,10-13,15-16H2,1H3,(H,29,33)/b9-4+/t21-/m0/s1. The molecule has 11 heteroatoms. The van der Waals surface area contributed by atoms with Crippen molar-refractivity contribution in [1.82, 2.24) is 10.2 Å². The number of nitrogens with zero attached hydrogens (tertiary/aromatic N) is 3. The van der Waals surface area contributed by atoms with Crippen LogP contribution in [-0.2, 0) is 19.1 Å². The number of ether oxygens (including phenoxy) is 1. The highest BCUT2D eigenvalue weighted by Gasteiger charge is 2.33. The summed E-state index contributed by atoms with van der Waals surface area (Å²) in [6, 6.07) is 11.3. The zero-order valence-corrected chi connectivity index (χ0v) is 20.9. The van der Waals surface area contributed by atoms with Gasteiger partial charge in [0.15, 0.2) is 0 Å². The number of piperazine rings is 1. The number of ketones is 1. The molecule has 2 heterocycles. The molecule has 1 atom stereocenters. The lowest BCUT2D eigenvalue weighted by Gasteiger charge is -2.36. The van der Waals surface area contributed by atoms with Crippen molar-refractivity contribution in [2.75, 3.05) is 49.1 Å². The lowest BCUT2D eigenvalue weighted by Crippen LogP contribution is -2.50. The highest BCUT2D eigenvalue weighted by Crippen LogP contribution is 2.28. The van der Waals surface area contributed by atoms with Crippen LogP contribution in [0, 0.1) is 5.82 Å². The van der Waals surface area contributed by atoms with Gasteiger partial charge in [0.2, 0.25) is 11.7 Å². The average Bonchev–Trinajstić information content (AvgIpc) is 3.27. The molecule has 194 valence electrons. The molecule has 2 saturated heterocycles. The molecule has 1 N–H and O–H groups in total. The van der Waals surface area contributed by atoms with Crippen molar-refractivity contribution in [2.24, 2.45) is 0 Å². The minimum Gasteiger partial charge on any atom is -0.442 e. The summed E-state index contributed by atoms with van der Waals surface area (Å²) >= 11 is 5.85. The molecule has 3 amide bonds. The van der Waals surface area contributed by atoms with Crippen LogP contribution in [0.4, 0.5) is 20.6 Å². The molecule has 2 aliphatic heterocycles. The first-order chi connectivity index (χ1) is 17.7. The second-order valence-corrected chi connectivity index (χ2v) is 9.15. The first-order valence-corrected chi connectivity index (χ1v) is 12.1. The van der Waals surface area contributed by atoms with Crippen molar-refractivity contribution in [3.8, 4) is 0 Å². The number of amides is 3. The zero-order chi connectivity index (χ0) is 26.5. The number of hydrogen-bond acceptors (Lipinski definition) is 6. The summed E-state index contributed by atoms with van der Waals surface area (Å²) in [7, 11) is 0. The van der Waals surface area contributed by atoms with Crippen molar-refractivity contribution in [2.45, 2.75) is 13.0 Å². The third-order valence-corrected chi connectivity index (χ3v) is 6.36. The van der Waals surface area contributed by atoms with Gasteiger partial charge in [0, 0.05) is 38.1 Å². The Morgan fingerprint density at radius 2 is 1.81 bits per heavy atom. The summed E-state index contributed by atoms with van der Waals surface area (Å²) < 4.78 is 20.2. The molecule has 0 unspecified atom stereocenters. The molecule has 0 aromatic heterocycles. The van der Waals surface area contributed by atoms with E-state index in [1.54, 1.807) is 47.4 Å². The van der Waals surface area contributed by atoms with Gasteiger partial charge in [0.25, 0.3) is 5.91 Å². The van der Waals surface area contributed by atoms with Gasteiger partial charge in [-0.2, -0.15) is 0 Å². The van der Waals surface area contributed by atoms with E-state index >= 15 is 4.39 Å². The quantitative estimate of drug-likeness (QED) is 0.438. The normalized spacial score (nSPS) is 17.8. The Bertz CT molecular complexity index is 1230. The summed E-state index contributed by atoms with van der Waals surface area (Å²) in [5, 5.41) is 3.18. The molecule has 0 spiro atoms. The maximum atomic E-state index is 15.0. The molecule has 2 fully saturated rings. The highest BCUT2D eigenvalue weighted by molar-refractivity contribution is 6.41. The molecule has 4 rings (SSSR count). The Kier molecular flexibility index (Phi) is 8.08. The topological polar surface area (TPSA) is 99.3 Å². The highest BCUT2D eigenvalue weighted by atomic mass is 35.5. The largest absolute Gasteiger partial charge is 0.442 e. The van der Waals surface area contributed by atoms with Crippen LogP contribution in [0.1, 0.15) is 12.5 Å². The number of nitrogens with one attached hydrogen (secondary N) is 1. The van der Waals surface area contributed by atoms with Crippen molar-refractivity contribution in [3.63, 3.8) is 0 Å². The SMILES string of the molecule is CC(=O)NC[C@H]1CN(c2ccc(N3CCN(C(=O)C(=O)/C=C/c4ccc(Cl)cc4)CC3)c(F)c2)C(=O)O1. The van der Waals surface area contributed by atoms with Crippen LogP contribution in [0.25, 0.3) is 6.08 Å². The fourth-order valence-corrected chi connectivity index (χ4v) is 4.27. The van der Waals surface area contributed by atoms with Gasteiger partial charge in [-0.25, -0.2) is 9.18 Å². The smallest absolute Gasteiger partial charge is 0.414 e. The lowest BCUT2D eigenvalue weighted by atomic mass is 10.1. The molecule has 2 aliphatic rings. The van der Waals surface area contributed by atoms with E-state index in [9.17, 15) is 19.2 Å². The van der Waals surface area contributed by atoms with Gasteiger partial charge < -0.3 is 19.9 Å². The van der Waals surface area contributed by atoms with E-state index in [0.717, 1.165) is 5.56 Å². The Morgan fingerprint density at radius 3 is 2.46 bits per heavy atom. The van der Waals surface area contributed by atoms with Crippen LogP contribution in [0.2, 0.25) is 5.02 Å². The fourth-order valence-electron chi connectivity index (χ4n) is 4.14. The third-order valence-electron chi connectivity index (χ3n) is 6.11. The molecule has 2 aromatic rings. The zero-order valence-electron chi connectivity index (χ0n) is 20.2. The fraction of sp³-hybridized carbons (Fsp3) is 0.308. The third kappa shape index (κ3) is 6.45. The Morgan fingerprint density at radius 1 is 1.11 bits per heavy atom. The molecule has 0 saturated carbocycles. The number of carbonyl (C=O) groups excluding carboxylic acids is 4. The molecule has 0 bridgehead atoms. The Balaban J connectivity index is 1.32. The van der Waals surface area contributed by atoms with E-state index in [4.69, 9.17) is 16.3 Å². The molecule has 9 nitrogen and oxygen atoms in total. The van der Waals surface area contributed by atoms with Gasteiger partial charge >= 0.3 is 6.09 Å². The molecule has 2 aromatic carbocycles. The minimum absolute atomic E-state index is 0.181. The summed E-state index contributed by atoms with van der Waals surface area (Å²) in [4.78, 5) is 52.7. The summed E-state index contributed by atoms with van der Waals surface area (Å²) in [5.41, 5.74) is 1.44. The summed E-state index contributed by atoms with van der Waals surface area (Å²) in [6.45, 7) is 2.98. The summed E-state index contributed by atoms with van der Waals surface area (Å²) in [6.07, 6.45) is 1.67. The van der Waals surface area contributed by atoms with Crippen LogP contribution in [0.3, 0.4) is 0 Å². The number of cyclic esters (lactones) is 1. The Labute approximate surface area is 218 Å². The van der Waals surface area contributed by atoms with Crippen molar-refractivity contribution in [3.05, 3.63) is 64.9 Å². The Hall–Kier alpha value is -3.92. The number of benzene rings is 2. The number of hydrogen-bond donors (Lipinski definition) is 1. The number of carbonyl (C=O) groups is 4. The number of anilines is 2. The van der Waals surface area contributed by atoms with Gasteiger partial charge in [0.05, 0.1) is 24.5 Å². The van der Waals surface area contributed by atoms with E-state index in [1.807, 2.05) is 0 Å². The van der Waals surface area contributed by atoms with Crippen LogP contribution >= 0.6 is 11.6 Å². The first kappa shape index (κ1) is 26.2. The second-order valence-electron chi connectivity index (χ2n) is 8.72. The molecular formula is C26H26ClFN4O5. The van der Waals surface area contributed by atoms with E-state index in [0.29, 0.717) is 29.5 Å². The maximum absolute atomic E-state index is 15.0. The van der Waals surface area contributed by atoms with Gasteiger partial charge in [-0.1, -0.05) is 29.8 Å². The minimum atomic E-state index is -0.631. The second kappa shape index (κ2) is 11.4. The lowest BCUT2D eigenvalue weighted by molar-refractivity contribution is -0.142. The predicted octanol–water partition coefficient (Wildman–Crippen LogP) is 2.87. The van der Waals surface area contributed by atoms with Gasteiger partial charge in [-0.05, 0) is 42.0 Å². The molecule has 0 aliphatic carbocycles. The van der Waals surface area contributed by atoms with Gasteiger partial charge in [-0.3, -0.25) is 19.3 Å². The number of halogens is 2. The first-order valence-electron chi connectivity index (χ1n) is 11.7. The molecular weight excluding hydrogens is 503 g/mol. The van der Waals surface area contributed by atoms with Crippen LogP contribution in [0.5, 0.6) is 0 Å². The van der Waals surface area contributed by atoms with E-state index in [1.165, 1.54) is 28.9 Å². The van der Waals surface area contributed by atoms with Gasteiger partial charge in [0.1, 0.15) is 11.9 Å². The van der Waals surface area contributed by atoms with Crippen molar-refractivity contribution in [1.29, 1.82) is 0 Å². The molecule has 0 radical (unpaired) electrons.